The van der Waals surface area contributed by atoms with E-state index in [1.807, 2.05) is 56.3 Å². The number of aromatic nitrogens is 1. The number of ether oxygens (including phenoxy) is 1. The SMILES string of the molecule is Cc1cccc(OCCCNC(=O)c2ccc3[nH]c(C)c(C)c3c2)c1. The summed E-state index contributed by atoms with van der Waals surface area (Å²) >= 11 is 0. The Morgan fingerprint density at radius 3 is 2.76 bits per heavy atom. The third kappa shape index (κ3) is 4.02. The van der Waals surface area contributed by atoms with Crippen LogP contribution >= 0.6 is 0 Å². The monoisotopic (exact) mass is 336 g/mol. The number of hydrogen-bond acceptors (Lipinski definition) is 2. The molecule has 2 N–H and O–H groups in total. The lowest BCUT2D eigenvalue weighted by atomic mass is 10.1. The number of H-pyrrole nitrogens is 1. The van der Waals surface area contributed by atoms with Crippen molar-refractivity contribution in [3.05, 3.63) is 64.8 Å². The number of fused-ring (bicyclic) bond motifs is 1. The molecule has 1 amide bonds. The van der Waals surface area contributed by atoms with Crippen LogP contribution in [-0.4, -0.2) is 24.0 Å². The van der Waals surface area contributed by atoms with E-state index in [-0.39, 0.29) is 5.91 Å². The van der Waals surface area contributed by atoms with E-state index in [1.165, 1.54) is 11.1 Å². The highest BCUT2D eigenvalue weighted by atomic mass is 16.5. The quantitative estimate of drug-likeness (QED) is 0.660. The van der Waals surface area contributed by atoms with Gasteiger partial charge in [-0.2, -0.15) is 0 Å². The molecular weight excluding hydrogens is 312 g/mol. The Morgan fingerprint density at radius 1 is 1.12 bits per heavy atom. The summed E-state index contributed by atoms with van der Waals surface area (Å²) < 4.78 is 5.70. The van der Waals surface area contributed by atoms with Crippen LogP contribution in [0.4, 0.5) is 0 Å². The van der Waals surface area contributed by atoms with Crippen molar-refractivity contribution in [3.63, 3.8) is 0 Å². The Morgan fingerprint density at radius 2 is 1.96 bits per heavy atom. The third-order valence-electron chi connectivity index (χ3n) is 4.44. The van der Waals surface area contributed by atoms with Gasteiger partial charge in [-0.25, -0.2) is 0 Å². The zero-order chi connectivity index (χ0) is 17.8. The second-order valence-corrected chi connectivity index (χ2v) is 6.41. The van der Waals surface area contributed by atoms with Crippen molar-refractivity contribution in [3.8, 4) is 5.75 Å². The van der Waals surface area contributed by atoms with E-state index in [0.29, 0.717) is 18.7 Å². The molecule has 0 fully saturated rings. The van der Waals surface area contributed by atoms with Crippen molar-refractivity contribution in [2.75, 3.05) is 13.2 Å². The normalized spacial score (nSPS) is 10.8. The molecule has 3 aromatic rings. The highest BCUT2D eigenvalue weighted by Gasteiger charge is 2.09. The molecule has 1 heterocycles. The van der Waals surface area contributed by atoms with Crippen LogP contribution in [0.25, 0.3) is 10.9 Å². The smallest absolute Gasteiger partial charge is 0.251 e. The van der Waals surface area contributed by atoms with Gasteiger partial charge >= 0.3 is 0 Å². The maximum atomic E-state index is 12.3. The van der Waals surface area contributed by atoms with Crippen molar-refractivity contribution in [1.29, 1.82) is 0 Å². The second kappa shape index (κ2) is 7.43. The van der Waals surface area contributed by atoms with Gasteiger partial charge in [0.2, 0.25) is 0 Å². The number of benzene rings is 2. The van der Waals surface area contributed by atoms with Crippen LogP contribution in [0.2, 0.25) is 0 Å². The van der Waals surface area contributed by atoms with Crippen LogP contribution in [-0.2, 0) is 0 Å². The van der Waals surface area contributed by atoms with Gasteiger partial charge in [0.15, 0.2) is 0 Å². The average Bonchev–Trinajstić information content (AvgIpc) is 2.88. The number of carbonyl (C=O) groups is 1. The molecule has 0 radical (unpaired) electrons. The van der Waals surface area contributed by atoms with E-state index in [9.17, 15) is 4.79 Å². The molecule has 3 rings (SSSR count). The van der Waals surface area contributed by atoms with E-state index in [1.54, 1.807) is 0 Å². The molecule has 0 aliphatic rings. The summed E-state index contributed by atoms with van der Waals surface area (Å²) in [7, 11) is 0. The fraction of sp³-hybridized carbons (Fsp3) is 0.286. The molecule has 0 aliphatic carbocycles. The van der Waals surface area contributed by atoms with Crippen molar-refractivity contribution in [2.45, 2.75) is 27.2 Å². The van der Waals surface area contributed by atoms with Crippen molar-refractivity contribution < 1.29 is 9.53 Å². The maximum Gasteiger partial charge on any atom is 0.251 e. The van der Waals surface area contributed by atoms with Gasteiger partial charge in [-0.3, -0.25) is 4.79 Å². The lowest BCUT2D eigenvalue weighted by Crippen LogP contribution is -2.25. The number of aromatic amines is 1. The lowest BCUT2D eigenvalue weighted by molar-refractivity contribution is 0.0951. The molecule has 0 saturated carbocycles. The Balaban J connectivity index is 1.50. The number of hydrogen-bond donors (Lipinski definition) is 2. The number of carbonyl (C=O) groups excluding carboxylic acids is 1. The highest BCUT2D eigenvalue weighted by Crippen LogP contribution is 2.22. The van der Waals surface area contributed by atoms with Gasteiger partial charge in [-0.15, -0.1) is 0 Å². The Hall–Kier alpha value is -2.75. The zero-order valence-electron chi connectivity index (χ0n) is 15.0. The summed E-state index contributed by atoms with van der Waals surface area (Å²) in [6, 6.07) is 13.7. The molecular formula is C21H24N2O2. The van der Waals surface area contributed by atoms with Gasteiger partial charge in [0.05, 0.1) is 6.61 Å². The average molecular weight is 336 g/mol. The number of nitrogens with one attached hydrogen (secondary N) is 2. The molecule has 2 aromatic carbocycles. The fourth-order valence-electron chi connectivity index (χ4n) is 2.87. The first-order valence-corrected chi connectivity index (χ1v) is 8.61. The highest BCUT2D eigenvalue weighted by molar-refractivity contribution is 5.99. The molecule has 0 unspecified atom stereocenters. The minimum atomic E-state index is -0.0456. The van der Waals surface area contributed by atoms with Crippen LogP contribution in [0.3, 0.4) is 0 Å². The Bertz CT molecular complexity index is 896. The molecule has 0 spiro atoms. The fourth-order valence-corrected chi connectivity index (χ4v) is 2.87. The predicted octanol–water partition coefficient (Wildman–Crippen LogP) is 4.29. The van der Waals surface area contributed by atoms with Gasteiger partial charge in [0.1, 0.15) is 5.75 Å². The topological polar surface area (TPSA) is 54.1 Å². The van der Waals surface area contributed by atoms with E-state index in [0.717, 1.165) is 28.8 Å². The summed E-state index contributed by atoms with van der Waals surface area (Å²) in [5.41, 5.74) is 5.26. The first-order chi connectivity index (χ1) is 12.0. The van der Waals surface area contributed by atoms with Gasteiger partial charge < -0.3 is 15.0 Å². The maximum absolute atomic E-state index is 12.3. The Kier molecular flexibility index (Phi) is 5.08. The number of amides is 1. The zero-order valence-corrected chi connectivity index (χ0v) is 15.0. The molecule has 0 bridgehead atoms. The van der Waals surface area contributed by atoms with Crippen LogP contribution < -0.4 is 10.1 Å². The lowest BCUT2D eigenvalue weighted by Gasteiger charge is -2.08. The summed E-state index contributed by atoms with van der Waals surface area (Å²) in [4.78, 5) is 15.6. The third-order valence-corrected chi connectivity index (χ3v) is 4.44. The number of rotatable bonds is 6. The standard InChI is InChI=1S/C21H24N2O2/c1-14-6-4-7-18(12-14)25-11-5-10-22-21(24)17-8-9-20-19(13-17)15(2)16(3)23-20/h4,6-9,12-13,23H,5,10-11H2,1-3H3,(H,22,24). The van der Waals surface area contributed by atoms with Gasteiger partial charge in [-0.05, 0) is 68.7 Å². The van der Waals surface area contributed by atoms with Gasteiger partial charge in [-0.1, -0.05) is 12.1 Å². The van der Waals surface area contributed by atoms with Gasteiger partial charge in [0.25, 0.3) is 5.91 Å². The number of aryl methyl sites for hydroxylation is 3. The minimum Gasteiger partial charge on any atom is -0.494 e. The van der Waals surface area contributed by atoms with Crippen LogP contribution in [0.5, 0.6) is 5.75 Å². The molecule has 0 saturated heterocycles. The summed E-state index contributed by atoms with van der Waals surface area (Å²) in [5, 5.41) is 4.06. The largest absolute Gasteiger partial charge is 0.494 e. The van der Waals surface area contributed by atoms with Crippen molar-refractivity contribution in [2.24, 2.45) is 0 Å². The van der Waals surface area contributed by atoms with Crippen LogP contribution in [0, 0.1) is 20.8 Å². The first kappa shape index (κ1) is 17.1. The van der Waals surface area contributed by atoms with E-state index >= 15 is 0 Å². The molecule has 4 nitrogen and oxygen atoms in total. The molecule has 0 atom stereocenters. The van der Waals surface area contributed by atoms with E-state index in [2.05, 4.69) is 17.2 Å². The summed E-state index contributed by atoms with van der Waals surface area (Å²) in [6.07, 6.45) is 0.768. The van der Waals surface area contributed by atoms with E-state index in [4.69, 9.17) is 4.74 Å². The van der Waals surface area contributed by atoms with Crippen LogP contribution in [0.1, 0.15) is 33.6 Å². The second-order valence-electron chi connectivity index (χ2n) is 6.41. The van der Waals surface area contributed by atoms with Crippen LogP contribution in [0.15, 0.2) is 42.5 Å². The Labute approximate surface area is 148 Å². The van der Waals surface area contributed by atoms with Crippen molar-refractivity contribution >= 4 is 16.8 Å². The molecule has 25 heavy (non-hydrogen) atoms. The summed E-state index contributed by atoms with van der Waals surface area (Å²) in [5.74, 6) is 0.825. The minimum absolute atomic E-state index is 0.0456. The molecule has 1 aromatic heterocycles. The molecule has 130 valence electrons. The predicted molar refractivity (Wildman–Crippen MR) is 101 cm³/mol. The van der Waals surface area contributed by atoms with Gasteiger partial charge in [0, 0.05) is 28.7 Å². The van der Waals surface area contributed by atoms with Crippen molar-refractivity contribution in [1.82, 2.24) is 10.3 Å². The molecule has 4 heteroatoms. The van der Waals surface area contributed by atoms with E-state index < -0.39 is 0 Å². The first-order valence-electron chi connectivity index (χ1n) is 8.61. The summed E-state index contributed by atoms with van der Waals surface area (Å²) in [6.45, 7) is 7.33. The molecule has 0 aliphatic heterocycles.